The van der Waals surface area contributed by atoms with E-state index in [1.54, 1.807) is 24.3 Å². The third-order valence-corrected chi connectivity index (χ3v) is 3.29. The zero-order valence-corrected chi connectivity index (χ0v) is 13.2. The minimum Gasteiger partial charge on any atom is -0.489 e. The molecular formula is C17H19ClF3NO. The highest BCUT2D eigenvalue weighted by molar-refractivity contribution is 5.85. The summed E-state index contributed by atoms with van der Waals surface area (Å²) < 4.78 is 42.7. The molecule has 0 bridgehead atoms. The summed E-state index contributed by atoms with van der Waals surface area (Å²) in [4.78, 5) is 0. The van der Waals surface area contributed by atoms with E-state index in [0.717, 1.165) is 5.56 Å². The fraction of sp³-hybridized carbons (Fsp3) is 0.294. The number of alkyl halides is 3. The molecule has 6 heteroatoms. The lowest BCUT2D eigenvalue weighted by Gasteiger charge is -2.17. The zero-order chi connectivity index (χ0) is 16.0. The van der Waals surface area contributed by atoms with Gasteiger partial charge in [0.25, 0.3) is 0 Å². The maximum atomic E-state index is 12.3. The second kappa shape index (κ2) is 8.79. The monoisotopic (exact) mass is 345 g/mol. The van der Waals surface area contributed by atoms with Crippen LogP contribution in [0.15, 0.2) is 54.6 Å². The predicted octanol–water partition coefficient (Wildman–Crippen LogP) is 5.03. The summed E-state index contributed by atoms with van der Waals surface area (Å²) >= 11 is 0. The molecule has 0 fully saturated rings. The Morgan fingerprint density at radius 1 is 0.957 bits per heavy atom. The van der Waals surface area contributed by atoms with Crippen LogP contribution in [-0.2, 0) is 6.61 Å². The number of para-hydroxylation sites is 1. The Morgan fingerprint density at radius 3 is 2.22 bits per heavy atom. The minimum absolute atomic E-state index is 0. The van der Waals surface area contributed by atoms with Gasteiger partial charge in [0, 0.05) is 18.0 Å². The quantitative estimate of drug-likeness (QED) is 0.797. The molecule has 0 amide bonds. The highest BCUT2D eigenvalue weighted by Crippen LogP contribution is 2.30. The largest absolute Gasteiger partial charge is 0.489 e. The zero-order valence-electron chi connectivity index (χ0n) is 12.4. The Labute approximate surface area is 139 Å². The fourth-order valence-corrected chi connectivity index (χ4v) is 2.13. The number of hydrogen-bond donors (Lipinski definition) is 1. The van der Waals surface area contributed by atoms with Crippen LogP contribution in [0, 0.1) is 0 Å². The highest BCUT2D eigenvalue weighted by atomic mass is 35.5. The van der Waals surface area contributed by atoms with Crippen molar-refractivity contribution in [3.63, 3.8) is 0 Å². The molecule has 126 valence electrons. The lowest BCUT2D eigenvalue weighted by atomic mass is 10.0. The van der Waals surface area contributed by atoms with E-state index < -0.39 is 18.6 Å². The van der Waals surface area contributed by atoms with Crippen molar-refractivity contribution in [2.75, 3.05) is 0 Å². The molecule has 0 spiro atoms. The average Bonchev–Trinajstić information content (AvgIpc) is 2.51. The van der Waals surface area contributed by atoms with Gasteiger partial charge in [-0.15, -0.1) is 12.4 Å². The fourth-order valence-electron chi connectivity index (χ4n) is 2.13. The molecule has 0 radical (unpaired) electrons. The van der Waals surface area contributed by atoms with Crippen LogP contribution in [0.25, 0.3) is 0 Å². The number of ether oxygens (including phenoxy) is 1. The van der Waals surface area contributed by atoms with Gasteiger partial charge in [0.1, 0.15) is 12.4 Å². The molecule has 0 saturated heterocycles. The first-order valence-corrected chi connectivity index (χ1v) is 7.04. The Balaban J connectivity index is 0.00000264. The number of benzene rings is 2. The van der Waals surface area contributed by atoms with E-state index in [4.69, 9.17) is 10.5 Å². The standard InChI is InChI=1S/C17H18F3NO.ClH/c18-17(19,20)11-10-15(21)14-8-4-5-9-16(14)22-12-13-6-2-1-3-7-13;/h1-9,15H,10-12,21H2;1H/t15-;/m1./s1. The van der Waals surface area contributed by atoms with Crippen LogP contribution in [-0.4, -0.2) is 6.18 Å². The Morgan fingerprint density at radius 2 is 1.57 bits per heavy atom. The molecule has 1 atom stereocenters. The van der Waals surface area contributed by atoms with Crippen LogP contribution in [0.3, 0.4) is 0 Å². The summed E-state index contributed by atoms with van der Waals surface area (Å²) in [6.45, 7) is 0.351. The van der Waals surface area contributed by atoms with Crippen molar-refractivity contribution in [2.45, 2.75) is 31.7 Å². The van der Waals surface area contributed by atoms with Gasteiger partial charge in [0.2, 0.25) is 0 Å². The Hall–Kier alpha value is -1.72. The summed E-state index contributed by atoms with van der Waals surface area (Å²) in [5, 5.41) is 0. The van der Waals surface area contributed by atoms with Crippen molar-refractivity contribution >= 4 is 12.4 Å². The van der Waals surface area contributed by atoms with Gasteiger partial charge in [-0.1, -0.05) is 48.5 Å². The van der Waals surface area contributed by atoms with Crippen LogP contribution in [0.4, 0.5) is 13.2 Å². The summed E-state index contributed by atoms with van der Waals surface area (Å²) in [7, 11) is 0. The molecule has 23 heavy (non-hydrogen) atoms. The summed E-state index contributed by atoms with van der Waals surface area (Å²) in [6, 6.07) is 15.8. The van der Waals surface area contributed by atoms with Crippen LogP contribution >= 0.6 is 12.4 Å². The first kappa shape index (κ1) is 19.3. The molecule has 2 aromatic rings. The molecule has 0 aliphatic heterocycles. The van der Waals surface area contributed by atoms with Crippen molar-refractivity contribution in [3.05, 3.63) is 65.7 Å². The number of hydrogen-bond acceptors (Lipinski definition) is 2. The molecule has 0 unspecified atom stereocenters. The van der Waals surface area contributed by atoms with Gasteiger partial charge in [-0.25, -0.2) is 0 Å². The predicted molar refractivity (Wildman–Crippen MR) is 86.7 cm³/mol. The summed E-state index contributed by atoms with van der Waals surface area (Å²) in [5.74, 6) is 0.529. The topological polar surface area (TPSA) is 35.2 Å². The van der Waals surface area contributed by atoms with Gasteiger partial charge in [0.05, 0.1) is 0 Å². The minimum atomic E-state index is -4.20. The van der Waals surface area contributed by atoms with E-state index in [2.05, 4.69) is 0 Å². The maximum absolute atomic E-state index is 12.3. The molecular weight excluding hydrogens is 327 g/mol. The van der Waals surface area contributed by atoms with E-state index in [0.29, 0.717) is 17.9 Å². The normalized spacial score (nSPS) is 12.3. The lowest BCUT2D eigenvalue weighted by Crippen LogP contribution is -2.16. The van der Waals surface area contributed by atoms with Crippen molar-refractivity contribution in [3.8, 4) is 5.75 Å². The van der Waals surface area contributed by atoms with Gasteiger partial charge in [-0.05, 0) is 18.1 Å². The van der Waals surface area contributed by atoms with E-state index in [-0.39, 0.29) is 18.8 Å². The average molecular weight is 346 g/mol. The first-order valence-electron chi connectivity index (χ1n) is 7.04. The Bertz CT molecular complexity index is 590. The molecule has 2 N–H and O–H groups in total. The second-order valence-electron chi connectivity index (χ2n) is 5.07. The summed E-state index contributed by atoms with van der Waals surface area (Å²) in [6.07, 6.45) is -5.26. The van der Waals surface area contributed by atoms with E-state index in [1.165, 1.54) is 0 Å². The van der Waals surface area contributed by atoms with Crippen molar-refractivity contribution in [1.29, 1.82) is 0 Å². The van der Waals surface area contributed by atoms with Gasteiger partial charge < -0.3 is 10.5 Å². The second-order valence-corrected chi connectivity index (χ2v) is 5.07. The molecule has 0 aromatic heterocycles. The smallest absolute Gasteiger partial charge is 0.389 e. The van der Waals surface area contributed by atoms with Gasteiger partial charge >= 0.3 is 6.18 Å². The van der Waals surface area contributed by atoms with E-state index >= 15 is 0 Å². The molecule has 0 aliphatic rings. The molecule has 0 heterocycles. The summed E-state index contributed by atoms with van der Waals surface area (Å²) in [5.41, 5.74) is 7.48. The van der Waals surface area contributed by atoms with E-state index in [9.17, 15) is 13.2 Å². The molecule has 2 aromatic carbocycles. The number of rotatable bonds is 6. The molecule has 2 rings (SSSR count). The van der Waals surface area contributed by atoms with Crippen LogP contribution < -0.4 is 10.5 Å². The van der Waals surface area contributed by atoms with Crippen LogP contribution in [0.1, 0.15) is 30.0 Å². The van der Waals surface area contributed by atoms with Gasteiger partial charge in [-0.2, -0.15) is 13.2 Å². The third kappa shape index (κ3) is 6.50. The molecule has 0 aliphatic carbocycles. The first-order chi connectivity index (χ1) is 10.5. The number of halogens is 4. The van der Waals surface area contributed by atoms with Gasteiger partial charge in [-0.3, -0.25) is 0 Å². The maximum Gasteiger partial charge on any atom is 0.389 e. The molecule has 0 saturated carbocycles. The van der Waals surface area contributed by atoms with Crippen molar-refractivity contribution in [2.24, 2.45) is 5.73 Å². The van der Waals surface area contributed by atoms with E-state index in [1.807, 2.05) is 30.3 Å². The van der Waals surface area contributed by atoms with Gasteiger partial charge in [0.15, 0.2) is 0 Å². The van der Waals surface area contributed by atoms with Crippen molar-refractivity contribution < 1.29 is 17.9 Å². The van der Waals surface area contributed by atoms with Crippen LogP contribution in [0.5, 0.6) is 5.75 Å². The highest BCUT2D eigenvalue weighted by Gasteiger charge is 2.28. The Kier molecular flexibility index (Phi) is 7.39. The SMILES string of the molecule is Cl.N[C@H](CCC(F)(F)F)c1ccccc1OCc1ccccc1. The lowest BCUT2D eigenvalue weighted by molar-refractivity contribution is -0.136. The third-order valence-electron chi connectivity index (χ3n) is 3.29. The number of nitrogens with two attached hydrogens (primary N) is 1. The van der Waals surface area contributed by atoms with Crippen molar-refractivity contribution in [1.82, 2.24) is 0 Å². The molecule has 2 nitrogen and oxygen atoms in total. The van der Waals surface area contributed by atoms with Crippen LogP contribution in [0.2, 0.25) is 0 Å².